The van der Waals surface area contributed by atoms with Gasteiger partial charge in [0.1, 0.15) is 6.04 Å². The lowest BCUT2D eigenvalue weighted by atomic mass is 10.0. The molecule has 20 heavy (non-hydrogen) atoms. The van der Waals surface area contributed by atoms with Crippen LogP contribution in [0, 0.1) is 5.92 Å². The van der Waals surface area contributed by atoms with Gasteiger partial charge in [0.15, 0.2) is 11.5 Å². The van der Waals surface area contributed by atoms with Crippen molar-refractivity contribution in [3.05, 3.63) is 23.8 Å². The van der Waals surface area contributed by atoms with Crippen molar-refractivity contribution in [2.75, 3.05) is 6.79 Å². The molecule has 0 radical (unpaired) electrons. The van der Waals surface area contributed by atoms with E-state index in [0.717, 1.165) is 5.56 Å². The minimum atomic E-state index is -1.03. The Hall–Kier alpha value is -2.24. The quantitative estimate of drug-likeness (QED) is 0.845. The van der Waals surface area contributed by atoms with Crippen molar-refractivity contribution < 1.29 is 24.2 Å². The molecule has 0 bridgehead atoms. The molecule has 0 spiro atoms. The van der Waals surface area contributed by atoms with Crippen LogP contribution in [-0.2, 0) is 16.0 Å². The first kappa shape index (κ1) is 14.2. The number of amides is 1. The van der Waals surface area contributed by atoms with Crippen molar-refractivity contribution in [2.45, 2.75) is 26.3 Å². The number of ether oxygens (including phenoxy) is 2. The largest absolute Gasteiger partial charge is 0.480 e. The molecule has 2 rings (SSSR count). The monoisotopic (exact) mass is 279 g/mol. The smallest absolute Gasteiger partial charge is 0.326 e. The van der Waals surface area contributed by atoms with Crippen molar-refractivity contribution in [3.8, 4) is 11.5 Å². The number of rotatable bonds is 5. The summed E-state index contributed by atoms with van der Waals surface area (Å²) in [6.07, 6.45) is 0.104. The van der Waals surface area contributed by atoms with Gasteiger partial charge in [-0.1, -0.05) is 19.9 Å². The highest BCUT2D eigenvalue weighted by Gasteiger charge is 2.23. The zero-order valence-electron chi connectivity index (χ0n) is 11.4. The predicted octanol–water partition coefficient (Wildman–Crippen LogP) is 1.18. The normalized spacial score (nSPS) is 14.2. The number of hydrogen-bond donors (Lipinski definition) is 2. The van der Waals surface area contributed by atoms with Crippen LogP contribution >= 0.6 is 0 Å². The minimum Gasteiger partial charge on any atom is -0.480 e. The van der Waals surface area contributed by atoms with Crippen LogP contribution in [0.1, 0.15) is 19.4 Å². The number of carbonyl (C=O) groups is 2. The molecule has 1 heterocycles. The number of nitrogens with one attached hydrogen (secondary N) is 1. The summed E-state index contributed by atoms with van der Waals surface area (Å²) in [5.74, 6) is -0.272. The van der Waals surface area contributed by atoms with Crippen LogP contribution in [0.3, 0.4) is 0 Å². The van der Waals surface area contributed by atoms with Crippen molar-refractivity contribution in [1.29, 1.82) is 0 Å². The maximum absolute atomic E-state index is 11.9. The first-order valence-electron chi connectivity index (χ1n) is 6.38. The maximum atomic E-state index is 11.9. The standard InChI is InChI=1S/C14H17NO5/c1-8(2)13(14(17)18)15-12(16)6-9-3-4-10-11(5-9)20-7-19-10/h3-5,8,13H,6-7H2,1-2H3,(H,15,16)(H,17,18). The second-order valence-electron chi connectivity index (χ2n) is 4.99. The number of hydrogen-bond acceptors (Lipinski definition) is 4. The second-order valence-corrected chi connectivity index (χ2v) is 4.99. The van der Waals surface area contributed by atoms with E-state index in [-0.39, 0.29) is 25.0 Å². The van der Waals surface area contributed by atoms with Crippen LogP contribution in [0.5, 0.6) is 11.5 Å². The Bertz CT molecular complexity index is 526. The molecule has 1 unspecified atom stereocenters. The summed E-state index contributed by atoms with van der Waals surface area (Å²) in [5, 5.41) is 11.6. The molecule has 6 heteroatoms. The Kier molecular flexibility index (Phi) is 4.12. The van der Waals surface area contributed by atoms with E-state index >= 15 is 0 Å². The van der Waals surface area contributed by atoms with Crippen LogP contribution < -0.4 is 14.8 Å². The molecular weight excluding hydrogens is 262 g/mol. The lowest BCUT2D eigenvalue weighted by Crippen LogP contribution is -2.44. The average Bonchev–Trinajstić information content (AvgIpc) is 2.82. The first-order chi connectivity index (χ1) is 9.47. The maximum Gasteiger partial charge on any atom is 0.326 e. The van der Waals surface area contributed by atoms with Gasteiger partial charge in [0.25, 0.3) is 0 Å². The molecule has 0 aromatic heterocycles. The molecule has 1 aliphatic rings. The van der Waals surface area contributed by atoms with Gasteiger partial charge in [0.05, 0.1) is 6.42 Å². The zero-order chi connectivity index (χ0) is 14.7. The Morgan fingerprint density at radius 3 is 2.65 bits per heavy atom. The molecule has 1 amide bonds. The molecule has 0 aliphatic carbocycles. The summed E-state index contributed by atoms with van der Waals surface area (Å²) in [6.45, 7) is 3.68. The van der Waals surface area contributed by atoms with Gasteiger partial charge in [0, 0.05) is 0 Å². The van der Waals surface area contributed by atoms with E-state index in [9.17, 15) is 9.59 Å². The average molecular weight is 279 g/mol. The van der Waals surface area contributed by atoms with Crippen LogP contribution in [0.2, 0.25) is 0 Å². The van der Waals surface area contributed by atoms with Gasteiger partial charge in [-0.05, 0) is 23.6 Å². The topological polar surface area (TPSA) is 84.9 Å². The number of carboxylic acid groups (broad SMARTS) is 1. The molecule has 6 nitrogen and oxygen atoms in total. The van der Waals surface area contributed by atoms with E-state index in [2.05, 4.69) is 5.32 Å². The summed E-state index contributed by atoms with van der Waals surface area (Å²) >= 11 is 0. The Morgan fingerprint density at radius 2 is 2.00 bits per heavy atom. The molecule has 1 aromatic rings. The van der Waals surface area contributed by atoms with E-state index < -0.39 is 12.0 Å². The summed E-state index contributed by atoms with van der Waals surface area (Å²) in [6, 6.07) is 4.35. The first-order valence-corrected chi connectivity index (χ1v) is 6.38. The fraction of sp³-hybridized carbons (Fsp3) is 0.429. The lowest BCUT2D eigenvalue weighted by molar-refractivity contribution is -0.143. The van der Waals surface area contributed by atoms with Crippen LogP contribution in [0.25, 0.3) is 0 Å². The van der Waals surface area contributed by atoms with E-state index in [4.69, 9.17) is 14.6 Å². The summed E-state index contributed by atoms with van der Waals surface area (Å²) < 4.78 is 10.4. The van der Waals surface area contributed by atoms with Gasteiger partial charge < -0.3 is 19.9 Å². The molecule has 0 saturated heterocycles. The molecule has 1 atom stereocenters. The van der Waals surface area contributed by atoms with Crippen molar-refractivity contribution in [3.63, 3.8) is 0 Å². The molecular formula is C14H17NO5. The second kappa shape index (κ2) is 5.81. The molecule has 1 aromatic carbocycles. The van der Waals surface area contributed by atoms with E-state index in [1.165, 1.54) is 0 Å². The van der Waals surface area contributed by atoms with Crippen LogP contribution in [-0.4, -0.2) is 29.8 Å². The fourth-order valence-corrected chi connectivity index (χ4v) is 1.97. The van der Waals surface area contributed by atoms with Crippen molar-refractivity contribution >= 4 is 11.9 Å². The summed E-state index contributed by atoms with van der Waals surface area (Å²) in [7, 11) is 0. The highest BCUT2D eigenvalue weighted by Crippen LogP contribution is 2.32. The highest BCUT2D eigenvalue weighted by atomic mass is 16.7. The van der Waals surface area contributed by atoms with Crippen molar-refractivity contribution in [1.82, 2.24) is 5.32 Å². The van der Waals surface area contributed by atoms with Gasteiger partial charge in [-0.3, -0.25) is 4.79 Å². The van der Waals surface area contributed by atoms with Gasteiger partial charge in [0.2, 0.25) is 12.7 Å². The van der Waals surface area contributed by atoms with Crippen molar-refractivity contribution in [2.24, 2.45) is 5.92 Å². The highest BCUT2D eigenvalue weighted by molar-refractivity contribution is 5.85. The van der Waals surface area contributed by atoms with Crippen LogP contribution in [0.15, 0.2) is 18.2 Å². The Labute approximate surface area is 116 Å². The third-order valence-electron chi connectivity index (χ3n) is 3.05. The summed E-state index contributed by atoms with van der Waals surface area (Å²) in [4.78, 5) is 22.9. The van der Waals surface area contributed by atoms with Gasteiger partial charge in [-0.15, -0.1) is 0 Å². The van der Waals surface area contributed by atoms with Crippen LogP contribution in [0.4, 0.5) is 0 Å². The Morgan fingerprint density at radius 1 is 1.30 bits per heavy atom. The number of fused-ring (bicyclic) bond motifs is 1. The predicted molar refractivity (Wildman–Crippen MR) is 70.7 cm³/mol. The third kappa shape index (κ3) is 3.20. The Balaban J connectivity index is 1.99. The number of carboxylic acids is 1. The van der Waals surface area contributed by atoms with E-state index in [1.807, 2.05) is 0 Å². The van der Waals surface area contributed by atoms with E-state index in [0.29, 0.717) is 11.5 Å². The number of carbonyl (C=O) groups excluding carboxylic acids is 1. The van der Waals surface area contributed by atoms with Gasteiger partial charge in [-0.25, -0.2) is 4.79 Å². The SMILES string of the molecule is CC(C)C(NC(=O)Cc1ccc2c(c1)OCO2)C(=O)O. The van der Waals surface area contributed by atoms with Gasteiger partial charge >= 0.3 is 5.97 Å². The molecule has 2 N–H and O–H groups in total. The lowest BCUT2D eigenvalue weighted by Gasteiger charge is -2.17. The zero-order valence-corrected chi connectivity index (χ0v) is 11.4. The third-order valence-corrected chi connectivity index (χ3v) is 3.05. The molecule has 0 saturated carbocycles. The number of aliphatic carboxylic acids is 1. The number of benzene rings is 1. The fourth-order valence-electron chi connectivity index (χ4n) is 1.97. The summed E-state index contributed by atoms with van der Waals surface area (Å²) in [5.41, 5.74) is 0.750. The molecule has 1 aliphatic heterocycles. The molecule has 0 fully saturated rings. The molecule has 108 valence electrons. The van der Waals surface area contributed by atoms with Gasteiger partial charge in [-0.2, -0.15) is 0 Å². The van der Waals surface area contributed by atoms with E-state index in [1.54, 1.807) is 32.0 Å². The minimum absolute atomic E-state index is 0.104.